The van der Waals surface area contributed by atoms with Crippen molar-refractivity contribution in [3.63, 3.8) is 0 Å². The zero-order valence-electron chi connectivity index (χ0n) is 11.2. The first-order valence-corrected chi connectivity index (χ1v) is 7.41. The summed E-state index contributed by atoms with van der Waals surface area (Å²) in [5.41, 5.74) is 5.46. The minimum atomic E-state index is 0.849. The number of nitrogens with two attached hydrogens (primary N) is 1. The quantitative estimate of drug-likeness (QED) is 0.640. The Labute approximate surface area is 106 Å². The van der Waals surface area contributed by atoms with Crippen molar-refractivity contribution in [2.45, 2.75) is 64.2 Å². The molecule has 1 rings (SSSR count). The lowest BCUT2D eigenvalue weighted by Gasteiger charge is -2.07. The minimum absolute atomic E-state index is 0.849. The lowest BCUT2D eigenvalue weighted by atomic mass is 10.1. The molecule has 0 atom stereocenters. The van der Waals surface area contributed by atoms with Crippen LogP contribution in [0.15, 0.2) is 4.99 Å². The SMILES string of the molecule is NCCCCCCCCNC1=NCCCCC1. The van der Waals surface area contributed by atoms with Crippen molar-refractivity contribution in [3.8, 4) is 0 Å². The molecule has 0 unspecified atom stereocenters. The fourth-order valence-electron chi connectivity index (χ4n) is 2.23. The van der Waals surface area contributed by atoms with Crippen molar-refractivity contribution >= 4 is 5.84 Å². The summed E-state index contributed by atoms with van der Waals surface area (Å²) < 4.78 is 0. The summed E-state index contributed by atoms with van der Waals surface area (Å²) >= 11 is 0. The lowest BCUT2D eigenvalue weighted by Crippen LogP contribution is -2.24. The number of aliphatic imine (C=N–C) groups is 1. The summed E-state index contributed by atoms with van der Waals surface area (Å²) in [6.45, 7) is 2.98. The molecule has 0 aromatic heterocycles. The molecular weight excluding hydrogens is 210 g/mol. The van der Waals surface area contributed by atoms with Crippen LogP contribution < -0.4 is 11.1 Å². The highest BCUT2D eigenvalue weighted by Crippen LogP contribution is 2.07. The molecule has 0 bridgehead atoms. The van der Waals surface area contributed by atoms with Crippen LogP contribution in [0.2, 0.25) is 0 Å². The normalized spacial score (nSPS) is 16.4. The number of hydrogen-bond donors (Lipinski definition) is 2. The highest BCUT2D eigenvalue weighted by Gasteiger charge is 2.02. The van der Waals surface area contributed by atoms with Gasteiger partial charge >= 0.3 is 0 Å². The Morgan fingerprint density at radius 2 is 1.71 bits per heavy atom. The molecule has 17 heavy (non-hydrogen) atoms. The van der Waals surface area contributed by atoms with Crippen molar-refractivity contribution < 1.29 is 0 Å². The largest absolute Gasteiger partial charge is 0.374 e. The predicted molar refractivity (Wildman–Crippen MR) is 75.5 cm³/mol. The van der Waals surface area contributed by atoms with Gasteiger partial charge in [0.15, 0.2) is 0 Å². The van der Waals surface area contributed by atoms with E-state index < -0.39 is 0 Å². The molecule has 1 heterocycles. The molecule has 100 valence electrons. The summed E-state index contributed by atoms with van der Waals surface area (Å²) in [5, 5.41) is 3.49. The van der Waals surface area contributed by atoms with Gasteiger partial charge in [-0.05, 0) is 32.2 Å². The number of nitrogens with zero attached hydrogens (tertiary/aromatic N) is 1. The Kier molecular flexibility index (Phi) is 9.01. The van der Waals surface area contributed by atoms with E-state index in [0.717, 1.165) is 26.1 Å². The summed E-state index contributed by atoms with van der Waals surface area (Å²) in [7, 11) is 0. The van der Waals surface area contributed by atoms with Crippen LogP contribution >= 0.6 is 0 Å². The lowest BCUT2D eigenvalue weighted by molar-refractivity contribution is 0.592. The zero-order valence-corrected chi connectivity index (χ0v) is 11.2. The second kappa shape index (κ2) is 10.6. The van der Waals surface area contributed by atoms with Crippen LogP contribution in [-0.2, 0) is 0 Å². The van der Waals surface area contributed by atoms with E-state index in [2.05, 4.69) is 10.3 Å². The van der Waals surface area contributed by atoms with Gasteiger partial charge in [0.05, 0.1) is 5.84 Å². The third-order valence-electron chi connectivity index (χ3n) is 3.33. The van der Waals surface area contributed by atoms with Crippen LogP contribution in [0.5, 0.6) is 0 Å². The standard InChI is InChI=1S/C14H29N3/c15-11-7-3-1-2-4-8-12-16-14-10-6-5-9-13-17-14/h1-13,15H2,(H,16,17). The maximum Gasteiger partial charge on any atom is 0.0963 e. The second-order valence-corrected chi connectivity index (χ2v) is 4.98. The van der Waals surface area contributed by atoms with Gasteiger partial charge < -0.3 is 11.1 Å². The van der Waals surface area contributed by atoms with E-state index in [1.807, 2.05) is 0 Å². The first-order chi connectivity index (χ1) is 8.43. The Balaban J connectivity index is 1.88. The predicted octanol–water partition coefficient (Wildman–Crippen LogP) is 2.85. The van der Waals surface area contributed by atoms with Gasteiger partial charge in [-0.25, -0.2) is 0 Å². The fourth-order valence-corrected chi connectivity index (χ4v) is 2.23. The van der Waals surface area contributed by atoms with E-state index in [4.69, 9.17) is 5.73 Å². The molecule has 0 aromatic rings. The average molecular weight is 239 g/mol. The molecular formula is C14H29N3. The van der Waals surface area contributed by atoms with Crippen LogP contribution in [0, 0.1) is 0 Å². The summed E-state index contributed by atoms with van der Waals surface area (Å²) in [6.07, 6.45) is 12.9. The van der Waals surface area contributed by atoms with Gasteiger partial charge in [0.25, 0.3) is 0 Å². The van der Waals surface area contributed by atoms with E-state index in [9.17, 15) is 0 Å². The Bertz CT molecular complexity index is 202. The van der Waals surface area contributed by atoms with Crippen LogP contribution in [0.1, 0.15) is 64.2 Å². The molecule has 3 heteroatoms. The third-order valence-corrected chi connectivity index (χ3v) is 3.33. The van der Waals surface area contributed by atoms with Crippen molar-refractivity contribution in [1.82, 2.24) is 5.32 Å². The zero-order chi connectivity index (χ0) is 12.2. The second-order valence-electron chi connectivity index (χ2n) is 4.98. The van der Waals surface area contributed by atoms with Gasteiger partial charge in [-0.2, -0.15) is 0 Å². The number of rotatable bonds is 8. The molecule has 0 aromatic carbocycles. The Morgan fingerprint density at radius 3 is 2.53 bits per heavy atom. The topological polar surface area (TPSA) is 50.4 Å². The van der Waals surface area contributed by atoms with Crippen LogP contribution in [0.3, 0.4) is 0 Å². The first kappa shape index (κ1) is 14.5. The minimum Gasteiger partial charge on any atom is -0.374 e. The van der Waals surface area contributed by atoms with Gasteiger partial charge in [-0.1, -0.05) is 32.1 Å². The Hall–Kier alpha value is -0.570. The Morgan fingerprint density at radius 1 is 0.941 bits per heavy atom. The van der Waals surface area contributed by atoms with Crippen molar-refractivity contribution in [1.29, 1.82) is 0 Å². The van der Waals surface area contributed by atoms with E-state index in [0.29, 0.717) is 0 Å². The van der Waals surface area contributed by atoms with Gasteiger partial charge in [-0.3, -0.25) is 4.99 Å². The highest BCUT2D eigenvalue weighted by atomic mass is 15.0. The molecule has 0 radical (unpaired) electrons. The molecule has 1 aliphatic heterocycles. The van der Waals surface area contributed by atoms with Crippen molar-refractivity contribution in [2.75, 3.05) is 19.6 Å². The smallest absolute Gasteiger partial charge is 0.0963 e. The highest BCUT2D eigenvalue weighted by molar-refractivity contribution is 5.82. The number of amidine groups is 1. The van der Waals surface area contributed by atoms with E-state index >= 15 is 0 Å². The molecule has 0 amide bonds. The molecule has 1 aliphatic rings. The van der Waals surface area contributed by atoms with Crippen molar-refractivity contribution in [2.24, 2.45) is 10.7 Å². The maximum atomic E-state index is 5.46. The number of unbranched alkanes of at least 4 members (excludes halogenated alkanes) is 5. The van der Waals surface area contributed by atoms with Gasteiger partial charge in [0.1, 0.15) is 0 Å². The molecule has 0 spiro atoms. The van der Waals surface area contributed by atoms with Crippen molar-refractivity contribution in [3.05, 3.63) is 0 Å². The summed E-state index contributed by atoms with van der Waals surface area (Å²) in [4.78, 5) is 4.57. The fraction of sp³-hybridized carbons (Fsp3) is 0.929. The maximum absolute atomic E-state index is 5.46. The molecule has 3 N–H and O–H groups in total. The molecule has 3 nitrogen and oxygen atoms in total. The van der Waals surface area contributed by atoms with Crippen LogP contribution in [-0.4, -0.2) is 25.5 Å². The molecule has 0 fully saturated rings. The average Bonchev–Trinajstić information content (AvgIpc) is 2.61. The monoisotopic (exact) mass is 239 g/mol. The molecule has 0 saturated carbocycles. The van der Waals surface area contributed by atoms with Gasteiger partial charge in [-0.15, -0.1) is 0 Å². The molecule has 0 saturated heterocycles. The summed E-state index contributed by atoms with van der Waals surface area (Å²) in [5.74, 6) is 1.26. The number of hydrogen-bond acceptors (Lipinski definition) is 3. The van der Waals surface area contributed by atoms with E-state index in [1.165, 1.54) is 63.6 Å². The van der Waals surface area contributed by atoms with E-state index in [1.54, 1.807) is 0 Å². The van der Waals surface area contributed by atoms with Crippen LogP contribution in [0.4, 0.5) is 0 Å². The third kappa shape index (κ3) is 8.19. The molecule has 0 aliphatic carbocycles. The van der Waals surface area contributed by atoms with Crippen LogP contribution in [0.25, 0.3) is 0 Å². The first-order valence-electron chi connectivity index (χ1n) is 7.41. The summed E-state index contributed by atoms with van der Waals surface area (Å²) in [6, 6.07) is 0. The van der Waals surface area contributed by atoms with Gasteiger partial charge in [0.2, 0.25) is 0 Å². The van der Waals surface area contributed by atoms with E-state index in [-0.39, 0.29) is 0 Å². The number of nitrogens with one attached hydrogen (secondary N) is 1. The van der Waals surface area contributed by atoms with Gasteiger partial charge in [0, 0.05) is 19.5 Å².